The fourth-order valence-corrected chi connectivity index (χ4v) is 3.16. The smallest absolute Gasteiger partial charge is 0.241 e. The maximum Gasteiger partial charge on any atom is 0.241 e. The number of ether oxygens (including phenoxy) is 1. The van der Waals surface area contributed by atoms with Gasteiger partial charge in [-0.2, -0.15) is 4.72 Å². The quantitative estimate of drug-likeness (QED) is 0.779. The Kier molecular flexibility index (Phi) is 5.88. The zero-order valence-corrected chi connectivity index (χ0v) is 14.2. The van der Waals surface area contributed by atoms with Crippen molar-refractivity contribution >= 4 is 15.9 Å². The summed E-state index contributed by atoms with van der Waals surface area (Å²) in [7, 11) is -2.29. The molecule has 2 rings (SSSR count). The predicted octanol–water partition coefficient (Wildman–Crippen LogP) is 1.07. The molecule has 2 N–H and O–H groups in total. The lowest BCUT2D eigenvalue weighted by atomic mass is 10.2. The molecule has 24 heavy (non-hydrogen) atoms. The van der Waals surface area contributed by atoms with E-state index >= 15 is 0 Å². The molecule has 0 spiro atoms. The molecular weight excluding hydrogens is 330 g/mol. The van der Waals surface area contributed by atoms with Gasteiger partial charge in [0.1, 0.15) is 5.75 Å². The lowest BCUT2D eigenvalue weighted by Gasteiger charge is -2.14. The van der Waals surface area contributed by atoms with Crippen LogP contribution in [0.2, 0.25) is 0 Å². The van der Waals surface area contributed by atoms with Crippen LogP contribution in [0.25, 0.3) is 0 Å². The second-order valence-corrected chi connectivity index (χ2v) is 6.81. The predicted molar refractivity (Wildman–Crippen MR) is 88.9 cm³/mol. The van der Waals surface area contributed by atoms with Crippen molar-refractivity contribution in [3.63, 3.8) is 0 Å². The summed E-state index contributed by atoms with van der Waals surface area (Å²) in [6.45, 7) is 1.76. The number of sulfonamides is 1. The van der Waals surface area contributed by atoms with Crippen molar-refractivity contribution in [3.05, 3.63) is 54.4 Å². The van der Waals surface area contributed by atoms with Crippen LogP contribution >= 0.6 is 0 Å². The summed E-state index contributed by atoms with van der Waals surface area (Å²) < 4.78 is 31.9. The highest BCUT2D eigenvalue weighted by Crippen LogP contribution is 2.15. The van der Waals surface area contributed by atoms with Gasteiger partial charge >= 0.3 is 0 Å². The molecule has 0 saturated carbocycles. The van der Waals surface area contributed by atoms with Crippen LogP contribution in [-0.2, 0) is 21.4 Å². The standard InChI is InChI=1S/C16H19N3O4S/c1-12(16(20)18-11-13-4-3-9-17-10-13)19-24(21,22)15-7-5-14(23-2)6-8-15/h3-10,12,19H,11H2,1-2H3,(H,18,20). The minimum absolute atomic E-state index is 0.0650. The molecule has 0 fully saturated rings. The van der Waals surface area contributed by atoms with E-state index in [9.17, 15) is 13.2 Å². The van der Waals surface area contributed by atoms with Gasteiger partial charge in [-0.3, -0.25) is 9.78 Å². The lowest BCUT2D eigenvalue weighted by Crippen LogP contribution is -2.44. The van der Waals surface area contributed by atoms with Crippen molar-refractivity contribution in [2.45, 2.75) is 24.4 Å². The Morgan fingerprint density at radius 3 is 2.54 bits per heavy atom. The maximum absolute atomic E-state index is 12.3. The highest BCUT2D eigenvalue weighted by atomic mass is 32.2. The van der Waals surface area contributed by atoms with Crippen LogP contribution in [0, 0.1) is 0 Å². The van der Waals surface area contributed by atoms with E-state index in [1.165, 1.54) is 26.2 Å². The molecule has 0 saturated heterocycles. The van der Waals surface area contributed by atoms with Gasteiger partial charge in [-0.05, 0) is 42.8 Å². The molecule has 1 heterocycles. The van der Waals surface area contributed by atoms with Crippen LogP contribution in [0.3, 0.4) is 0 Å². The molecule has 1 aromatic carbocycles. The van der Waals surface area contributed by atoms with Gasteiger partial charge in [0, 0.05) is 18.9 Å². The number of hydrogen-bond acceptors (Lipinski definition) is 5. The second kappa shape index (κ2) is 7.89. The second-order valence-electron chi connectivity index (χ2n) is 5.10. The monoisotopic (exact) mass is 349 g/mol. The van der Waals surface area contributed by atoms with E-state index in [4.69, 9.17) is 4.74 Å². The van der Waals surface area contributed by atoms with Crippen molar-refractivity contribution in [1.29, 1.82) is 0 Å². The van der Waals surface area contributed by atoms with E-state index in [1.807, 2.05) is 6.07 Å². The highest BCUT2D eigenvalue weighted by molar-refractivity contribution is 7.89. The number of pyridine rings is 1. The van der Waals surface area contributed by atoms with Crippen LogP contribution in [0.15, 0.2) is 53.7 Å². The zero-order chi connectivity index (χ0) is 17.6. The van der Waals surface area contributed by atoms with E-state index in [1.54, 1.807) is 30.6 Å². The minimum Gasteiger partial charge on any atom is -0.497 e. The molecule has 0 aliphatic rings. The Labute approximate surface area is 141 Å². The lowest BCUT2D eigenvalue weighted by molar-refractivity contribution is -0.122. The number of nitrogens with one attached hydrogen (secondary N) is 2. The molecule has 1 unspecified atom stereocenters. The van der Waals surface area contributed by atoms with E-state index in [2.05, 4.69) is 15.0 Å². The zero-order valence-electron chi connectivity index (χ0n) is 13.4. The number of aromatic nitrogens is 1. The molecular formula is C16H19N3O4S. The Morgan fingerprint density at radius 2 is 1.96 bits per heavy atom. The summed E-state index contributed by atoms with van der Waals surface area (Å²) in [5, 5.41) is 2.67. The number of methoxy groups -OCH3 is 1. The molecule has 128 valence electrons. The third-order valence-electron chi connectivity index (χ3n) is 3.28. The number of hydrogen-bond donors (Lipinski definition) is 2. The summed E-state index contributed by atoms with van der Waals surface area (Å²) in [6.07, 6.45) is 3.27. The molecule has 1 amide bonds. The summed E-state index contributed by atoms with van der Waals surface area (Å²) in [5.41, 5.74) is 0.830. The van der Waals surface area contributed by atoms with E-state index in [0.717, 1.165) is 5.56 Å². The van der Waals surface area contributed by atoms with Crippen molar-refractivity contribution in [2.75, 3.05) is 7.11 Å². The summed E-state index contributed by atoms with van der Waals surface area (Å²) >= 11 is 0. The number of carbonyl (C=O) groups is 1. The van der Waals surface area contributed by atoms with Crippen LogP contribution in [0.5, 0.6) is 5.75 Å². The van der Waals surface area contributed by atoms with Crippen molar-refractivity contribution < 1.29 is 17.9 Å². The molecule has 1 aromatic heterocycles. The molecule has 0 radical (unpaired) electrons. The Balaban J connectivity index is 1.96. The number of rotatable bonds is 7. The number of benzene rings is 1. The first-order chi connectivity index (χ1) is 11.4. The van der Waals surface area contributed by atoms with Gasteiger partial charge in [0.25, 0.3) is 0 Å². The van der Waals surface area contributed by atoms with E-state index < -0.39 is 22.0 Å². The molecule has 2 aromatic rings. The first kappa shape index (κ1) is 17.9. The Hall–Kier alpha value is -2.45. The molecule has 8 heteroatoms. The number of amides is 1. The summed E-state index contributed by atoms with van der Waals surface area (Å²) in [6, 6.07) is 8.59. The number of carbonyl (C=O) groups excluding carboxylic acids is 1. The van der Waals surface area contributed by atoms with E-state index in [0.29, 0.717) is 5.75 Å². The summed E-state index contributed by atoms with van der Waals surface area (Å²) in [5.74, 6) is 0.132. The SMILES string of the molecule is COc1ccc(S(=O)(=O)NC(C)C(=O)NCc2cccnc2)cc1. The molecule has 1 atom stereocenters. The van der Waals surface area contributed by atoms with Gasteiger partial charge < -0.3 is 10.1 Å². The van der Waals surface area contributed by atoms with Gasteiger partial charge in [0.2, 0.25) is 15.9 Å². The molecule has 0 bridgehead atoms. The average molecular weight is 349 g/mol. The highest BCUT2D eigenvalue weighted by Gasteiger charge is 2.21. The minimum atomic E-state index is -3.79. The molecule has 0 aliphatic carbocycles. The van der Waals surface area contributed by atoms with E-state index in [-0.39, 0.29) is 11.4 Å². The maximum atomic E-state index is 12.3. The van der Waals surface area contributed by atoms with Crippen LogP contribution in [0.1, 0.15) is 12.5 Å². The van der Waals surface area contributed by atoms with Crippen molar-refractivity contribution in [1.82, 2.24) is 15.0 Å². The number of nitrogens with zero attached hydrogens (tertiary/aromatic N) is 1. The van der Waals surface area contributed by atoms with Crippen LogP contribution < -0.4 is 14.8 Å². The fourth-order valence-electron chi connectivity index (χ4n) is 1.95. The van der Waals surface area contributed by atoms with Gasteiger partial charge in [-0.15, -0.1) is 0 Å². The first-order valence-corrected chi connectivity index (χ1v) is 8.73. The normalized spacial score (nSPS) is 12.4. The van der Waals surface area contributed by atoms with Gasteiger partial charge in [0.15, 0.2) is 0 Å². The third kappa shape index (κ3) is 4.77. The van der Waals surface area contributed by atoms with Crippen molar-refractivity contribution in [2.24, 2.45) is 0 Å². The third-order valence-corrected chi connectivity index (χ3v) is 4.84. The fraction of sp³-hybridized carbons (Fsp3) is 0.250. The van der Waals surface area contributed by atoms with Gasteiger partial charge in [0.05, 0.1) is 18.0 Å². The van der Waals surface area contributed by atoms with Crippen LogP contribution in [-0.4, -0.2) is 32.5 Å². The largest absolute Gasteiger partial charge is 0.497 e. The summed E-state index contributed by atoms with van der Waals surface area (Å²) in [4.78, 5) is 16.1. The molecule has 0 aliphatic heterocycles. The Bertz CT molecular complexity index is 777. The van der Waals surface area contributed by atoms with Crippen molar-refractivity contribution in [3.8, 4) is 5.75 Å². The molecule has 7 nitrogen and oxygen atoms in total. The first-order valence-electron chi connectivity index (χ1n) is 7.25. The Morgan fingerprint density at radius 1 is 1.25 bits per heavy atom. The van der Waals surface area contributed by atoms with Gasteiger partial charge in [-0.1, -0.05) is 6.07 Å². The van der Waals surface area contributed by atoms with Gasteiger partial charge in [-0.25, -0.2) is 8.42 Å². The topological polar surface area (TPSA) is 97.4 Å². The average Bonchev–Trinajstić information content (AvgIpc) is 2.60. The van der Waals surface area contributed by atoms with Crippen LogP contribution in [0.4, 0.5) is 0 Å².